The van der Waals surface area contributed by atoms with E-state index in [4.69, 9.17) is 23.7 Å². The average molecular weight is 448 g/mol. The summed E-state index contributed by atoms with van der Waals surface area (Å²) >= 11 is 0. The third-order valence-corrected chi connectivity index (χ3v) is 4.82. The maximum atomic E-state index is 12.7. The zero-order valence-corrected chi connectivity index (χ0v) is 18.8. The highest BCUT2D eigenvalue weighted by Crippen LogP contribution is 2.31. The number of carbonyl (C=O) groups excluding carboxylic acids is 2. The molecule has 0 fully saturated rings. The first-order valence-corrected chi connectivity index (χ1v) is 9.98. The summed E-state index contributed by atoms with van der Waals surface area (Å²) in [6, 6.07) is 16.7. The van der Waals surface area contributed by atoms with Crippen molar-refractivity contribution in [2.75, 3.05) is 28.4 Å². The van der Waals surface area contributed by atoms with E-state index in [1.54, 1.807) is 73.8 Å². The molecule has 0 spiro atoms. The first-order valence-electron chi connectivity index (χ1n) is 9.98. The monoisotopic (exact) mass is 448 g/mol. The Morgan fingerprint density at radius 1 is 0.667 bits per heavy atom. The molecule has 0 atom stereocenters. The Kier molecular flexibility index (Phi) is 7.70. The summed E-state index contributed by atoms with van der Waals surface area (Å²) in [6.07, 6.45) is 3.07. The summed E-state index contributed by atoms with van der Waals surface area (Å²) in [5.41, 5.74) is 1.39. The van der Waals surface area contributed by atoms with E-state index in [0.717, 1.165) is 0 Å². The smallest absolute Gasteiger partial charge is 0.347 e. The van der Waals surface area contributed by atoms with Gasteiger partial charge in [-0.15, -0.1) is 0 Å². The molecular formula is C26H24O7. The fourth-order valence-electron chi connectivity index (χ4n) is 3.10. The van der Waals surface area contributed by atoms with Gasteiger partial charge in [-0.2, -0.15) is 0 Å². The molecule has 0 aromatic heterocycles. The van der Waals surface area contributed by atoms with E-state index in [2.05, 4.69) is 0 Å². The highest BCUT2D eigenvalue weighted by molar-refractivity contribution is 6.08. The van der Waals surface area contributed by atoms with E-state index in [1.165, 1.54) is 27.4 Å². The Labute approximate surface area is 192 Å². The van der Waals surface area contributed by atoms with Gasteiger partial charge in [-0.25, -0.2) is 4.79 Å². The van der Waals surface area contributed by atoms with E-state index < -0.39 is 5.97 Å². The minimum atomic E-state index is -0.573. The second kappa shape index (κ2) is 10.9. The van der Waals surface area contributed by atoms with E-state index >= 15 is 0 Å². The van der Waals surface area contributed by atoms with Gasteiger partial charge in [0.1, 0.15) is 22.8 Å². The number of methoxy groups -OCH3 is 4. The van der Waals surface area contributed by atoms with Gasteiger partial charge in [0, 0.05) is 6.07 Å². The molecule has 33 heavy (non-hydrogen) atoms. The third-order valence-electron chi connectivity index (χ3n) is 4.82. The Hall–Kier alpha value is -4.26. The van der Waals surface area contributed by atoms with Crippen LogP contribution < -0.4 is 23.7 Å². The van der Waals surface area contributed by atoms with Crippen LogP contribution in [0.3, 0.4) is 0 Å². The molecule has 0 N–H and O–H groups in total. The Balaban J connectivity index is 1.79. The zero-order valence-electron chi connectivity index (χ0n) is 18.8. The summed E-state index contributed by atoms with van der Waals surface area (Å²) in [7, 11) is 5.99. The van der Waals surface area contributed by atoms with E-state index in [1.807, 2.05) is 0 Å². The Bertz CT molecular complexity index is 1180. The number of ketones is 1. The van der Waals surface area contributed by atoms with Crippen LogP contribution in [0.15, 0.2) is 66.7 Å². The Morgan fingerprint density at radius 3 is 2.09 bits per heavy atom. The second-order valence-corrected chi connectivity index (χ2v) is 6.76. The van der Waals surface area contributed by atoms with Gasteiger partial charge in [-0.3, -0.25) is 4.79 Å². The number of ether oxygens (including phenoxy) is 5. The number of benzene rings is 3. The van der Waals surface area contributed by atoms with E-state index in [0.29, 0.717) is 39.7 Å². The molecule has 0 aliphatic heterocycles. The summed E-state index contributed by atoms with van der Waals surface area (Å²) in [5, 5.41) is 0. The summed E-state index contributed by atoms with van der Waals surface area (Å²) in [5.74, 6) is 1.20. The van der Waals surface area contributed by atoms with Crippen LogP contribution in [0.2, 0.25) is 0 Å². The van der Waals surface area contributed by atoms with Crippen molar-refractivity contribution in [2.24, 2.45) is 0 Å². The summed E-state index contributed by atoms with van der Waals surface area (Å²) in [6.45, 7) is 0. The van der Waals surface area contributed by atoms with Crippen molar-refractivity contribution in [2.45, 2.75) is 0 Å². The molecule has 0 aliphatic carbocycles. The molecule has 0 heterocycles. The molecular weight excluding hydrogens is 424 g/mol. The molecule has 3 aromatic rings. The van der Waals surface area contributed by atoms with Crippen molar-refractivity contribution >= 4 is 17.8 Å². The van der Waals surface area contributed by atoms with Crippen LogP contribution in [0.4, 0.5) is 0 Å². The summed E-state index contributed by atoms with van der Waals surface area (Å²) in [4.78, 5) is 25.2. The number of esters is 1. The van der Waals surface area contributed by atoms with Gasteiger partial charge in [0.25, 0.3) is 0 Å². The Morgan fingerprint density at radius 2 is 1.39 bits per heavy atom. The molecule has 0 aliphatic rings. The average Bonchev–Trinajstić information content (AvgIpc) is 2.87. The number of rotatable bonds is 9. The fraction of sp³-hybridized carbons (Fsp3) is 0.154. The maximum Gasteiger partial charge on any atom is 0.347 e. The van der Waals surface area contributed by atoms with Crippen LogP contribution in [0, 0.1) is 0 Å². The van der Waals surface area contributed by atoms with Crippen molar-refractivity contribution in [1.29, 1.82) is 0 Å². The molecule has 0 saturated carbocycles. The van der Waals surface area contributed by atoms with Crippen molar-refractivity contribution < 1.29 is 33.3 Å². The lowest BCUT2D eigenvalue weighted by atomic mass is 10.1. The minimum Gasteiger partial charge on any atom is -0.497 e. The zero-order chi connectivity index (χ0) is 23.8. The lowest BCUT2D eigenvalue weighted by molar-refractivity contribution is 0.0726. The van der Waals surface area contributed by atoms with Gasteiger partial charge in [0.05, 0.1) is 34.0 Å². The predicted octanol–water partition coefficient (Wildman–Crippen LogP) is 4.84. The van der Waals surface area contributed by atoms with Gasteiger partial charge < -0.3 is 23.7 Å². The summed E-state index contributed by atoms with van der Waals surface area (Å²) < 4.78 is 26.5. The molecule has 3 aromatic carbocycles. The first-order chi connectivity index (χ1) is 16.0. The number of para-hydroxylation sites is 1. The molecule has 3 rings (SSSR count). The fourth-order valence-corrected chi connectivity index (χ4v) is 3.10. The number of carbonyl (C=O) groups is 2. The van der Waals surface area contributed by atoms with Gasteiger partial charge in [-0.05, 0) is 48.0 Å². The van der Waals surface area contributed by atoms with Crippen molar-refractivity contribution in [1.82, 2.24) is 0 Å². The first kappa shape index (κ1) is 23.4. The van der Waals surface area contributed by atoms with Crippen molar-refractivity contribution in [3.05, 3.63) is 83.4 Å². The molecule has 0 amide bonds. The molecule has 7 nitrogen and oxygen atoms in total. The van der Waals surface area contributed by atoms with Crippen molar-refractivity contribution in [3.63, 3.8) is 0 Å². The standard InChI is InChI=1S/C26H24O7/c1-29-18-11-12-19(24(16-18)31-3)21(27)13-9-17-10-14-23(25(15-17)32-4)33-26(28)20-7-5-6-8-22(20)30-2/h5-16H,1-4H3/b13-9+. The second-order valence-electron chi connectivity index (χ2n) is 6.76. The SMILES string of the molecule is COc1ccc(C(=O)/C=C/c2ccc(OC(=O)c3ccccc3OC)c(OC)c2)c(OC)c1. The highest BCUT2D eigenvalue weighted by Gasteiger charge is 2.17. The van der Waals surface area contributed by atoms with Gasteiger partial charge in [0.15, 0.2) is 17.3 Å². The molecule has 0 radical (unpaired) electrons. The van der Waals surface area contributed by atoms with Crippen LogP contribution in [-0.2, 0) is 0 Å². The van der Waals surface area contributed by atoms with E-state index in [-0.39, 0.29) is 11.5 Å². The van der Waals surface area contributed by atoms with Crippen molar-refractivity contribution in [3.8, 4) is 28.7 Å². The largest absolute Gasteiger partial charge is 0.497 e. The lowest BCUT2D eigenvalue weighted by Crippen LogP contribution is -2.10. The lowest BCUT2D eigenvalue weighted by Gasteiger charge is -2.11. The number of allylic oxidation sites excluding steroid dienone is 1. The molecule has 0 unspecified atom stereocenters. The van der Waals surface area contributed by atoms with Crippen LogP contribution in [0.1, 0.15) is 26.3 Å². The molecule has 7 heteroatoms. The molecule has 170 valence electrons. The quantitative estimate of drug-likeness (QED) is 0.201. The maximum absolute atomic E-state index is 12.7. The normalized spacial score (nSPS) is 10.5. The van der Waals surface area contributed by atoms with E-state index in [9.17, 15) is 9.59 Å². The van der Waals surface area contributed by atoms with Crippen LogP contribution in [-0.4, -0.2) is 40.2 Å². The topological polar surface area (TPSA) is 80.3 Å². The van der Waals surface area contributed by atoms with Gasteiger partial charge in [0.2, 0.25) is 0 Å². The minimum absolute atomic E-state index is 0.236. The third kappa shape index (κ3) is 5.51. The number of hydrogen-bond acceptors (Lipinski definition) is 7. The highest BCUT2D eigenvalue weighted by atomic mass is 16.6. The van der Waals surface area contributed by atoms with Gasteiger partial charge >= 0.3 is 5.97 Å². The van der Waals surface area contributed by atoms with Gasteiger partial charge in [-0.1, -0.05) is 24.3 Å². The van der Waals surface area contributed by atoms with Crippen LogP contribution in [0.25, 0.3) is 6.08 Å². The predicted molar refractivity (Wildman–Crippen MR) is 124 cm³/mol. The number of hydrogen-bond donors (Lipinski definition) is 0. The van der Waals surface area contributed by atoms with Crippen LogP contribution >= 0.6 is 0 Å². The van der Waals surface area contributed by atoms with Crippen LogP contribution in [0.5, 0.6) is 28.7 Å². The molecule has 0 bridgehead atoms. The molecule has 0 saturated heterocycles.